The fourth-order valence-electron chi connectivity index (χ4n) is 2.97. The Morgan fingerprint density at radius 3 is 2.73 bits per heavy atom. The zero-order valence-electron chi connectivity index (χ0n) is 13.3. The maximum atomic E-state index is 13.6. The van der Waals surface area contributed by atoms with E-state index >= 15 is 0 Å². The van der Waals surface area contributed by atoms with E-state index < -0.39 is 11.6 Å². The van der Waals surface area contributed by atoms with E-state index in [0.717, 1.165) is 38.4 Å². The molecule has 0 unspecified atom stereocenters. The fourth-order valence-corrected chi connectivity index (χ4v) is 2.97. The fraction of sp³-hybridized carbons (Fsp3) is 0.588. The van der Waals surface area contributed by atoms with Crippen molar-refractivity contribution in [2.75, 3.05) is 27.2 Å². The highest BCUT2D eigenvalue weighted by atomic mass is 19.1. The van der Waals surface area contributed by atoms with Gasteiger partial charge in [-0.25, -0.2) is 8.78 Å². The molecule has 22 heavy (non-hydrogen) atoms. The summed E-state index contributed by atoms with van der Waals surface area (Å²) in [6, 6.07) is 4.04. The molecule has 1 aliphatic heterocycles. The third-order valence-corrected chi connectivity index (χ3v) is 4.40. The zero-order chi connectivity index (χ0) is 16.1. The number of hydrogen-bond acceptors (Lipinski definition) is 2. The van der Waals surface area contributed by atoms with Crippen LogP contribution in [0.3, 0.4) is 0 Å². The quantitative estimate of drug-likeness (QED) is 0.854. The number of rotatable bonds is 4. The first-order valence-electron chi connectivity index (χ1n) is 7.85. The summed E-state index contributed by atoms with van der Waals surface area (Å²) in [5, 5.41) is 0. The molecule has 122 valence electrons. The summed E-state index contributed by atoms with van der Waals surface area (Å²) >= 11 is 0. The predicted octanol–water partition coefficient (Wildman–Crippen LogP) is 2.84. The van der Waals surface area contributed by atoms with Crippen LogP contribution in [0.4, 0.5) is 8.78 Å². The van der Waals surface area contributed by atoms with Gasteiger partial charge in [-0.2, -0.15) is 0 Å². The summed E-state index contributed by atoms with van der Waals surface area (Å²) in [5.74, 6) is -1.10. The van der Waals surface area contributed by atoms with Crippen molar-refractivity contribution in [2.45, 2.75) is 38.1 Å². The van der Waals surface area contributed by atoms with Gasteiger partial charge in [0.05, 0.1) is 0 Å². The van der Waals surface area contributed by atoms with E-state index in [1.54, 1.807) is 0 Å². The van der Waals surface area contributed by atoms with Gasteiger partial charge >= 0.3 is 0 Å². The van der Waals surface area contributed by atoms with Gasteiger partial charge in [0.2, 0.25) is 5.91 Å². The number of amides is 1. The first kappa shape index (κ1) is 16.9. The van der Waals surface area contributed by atoms with Gasteiger partial charge in [-0.1, -0.05) is 6.07 Å². The molecule has 3 nitrogen and oxygen atoms in total. The van der Waals surface area contributed by atoms with Crippen molar-refractivity contribution in [3.63, 3.8) is 0 Å². The van der Waals surface area contributed by atoms with Gasteiger partial charge in [0.25, 0.3) is 0 Å². The minimum atomic E-state index is -0.588. The molecule has 1 fully saturated rings. The van der Waals surface area contributed by atoms with E-state index in [0.29, 0.717) is 18.0 Å². The molecular formula is C17H24F2N2O. The van der Waals surface area contributed by atoms with E-state index in [1.807, 2.05) is 4.90 Å². The smallest absolute Gasteiger partial charge is 0.222 e. The molecule has 0 spiro atoms. The lowest BCUT2D eigenvalue weighted by atomic mass is 10.1. The third kappa shape index (κ3) is 4.50. The second-order valence-corrected chi connectivity index (χ2v) is 6.16. The number of carbonyl (C=O) groups is 1. The largest absolute Gasteiger partial charge is 0.343 e. The minimum Gasteiger partial charge on any atom is -0.343 e. The summed E-state index contributed by atoms with van der Waals surface area (Å²) in [6.45, 7) is 1.53. The summed E-state index contributed by atoms with van der Waals surface area (Å²) in [5.41, 5.74) is 0.399. The normalized spacial score (nSPS) is 19.3. The molecule has 1 amide bonds. The maximum Gasteiger partial charge on any atom is 0.222 e. The zero-order valence-corrected chi connectivity index (χ0v) is 13.3. The number of halogens is 2. The minimum absolute atomic E-state index is 0.0585. The number of likely N-dealkylation sites (tertiary alicyclic amines) is 1. The second kappa shape index (κ2) is 7.68. The summed E-state index contributed by atoms with van der Waals surface area (Å²) < 4.78 is 26.4. The van der Waals surface area contributed by atoms with Gasteiger partial charge in [-0.05, 0) is 51.4 Å². The Labute approximate surface area is 130 Å². The number of benzene rings is 1. The summed E-state index contributed by atoms with van der Waals surface area (Å²) in [4.78, 5) is 16.4. The molecule has 0 N–H and O–H groups in total. The number of aryl methyl sites for hydroxylation is 1. The first-order valence-corrected chi connectivity index (χ1v) is 7.85. The number of nitrogens with zero attached hydrogens (tertiary/aromatic N) is 2. The molecule has 0 aromatic heterocycles. The number of carbonyl (C=O) groups excluding carboxylic acids is 1. The van der Waals surface area contributed by atoms with Crippen LogP contribution in [0.25, 0.3) is 0 Å². The summed E-state index contributed by atoms with van der Waals surface area (Å²) in [6.07, 6.45) is 3.67. The first-order chi connectivity index (χ1) is 10.5. The molecule has 0 bridgehead atoms. The average Bonchev–Trinajstić information content (AvgIpc) is 2.72. The Morgan fingerprint density at radius 2 is 2.05 bits per heavy atom. The van der Waals surface area contributed by atoms with Gasteiger partial charge in [0.1, 0.15) is 11.6 Å². The molecule has 1 aromatic carbocycles. The molecule has 5 heteroatoms. The Bertz CT molecular complexity index is 519. The van der Waals surface area contributed by atoms with Crippen LogP contribution in [0.1, 0.15) is 31.2 Å². The van der Waals surface area contributed by atoms with E-state index in [2.05, 4.69) is 19.0 Å². The predicted molar refractivity (Wildman–Crippen MR) is 82.6 cm³/mol. The van der Waals surface area contributed by atoms with Crippen molar-refractivity contribution in [2.24, 2.45) is 0 Å². The van der Waals surface area contributed by atoms with E-state index in [9.17, 15) is 13.6 Å². The molecule has 1 saturated heterocycles. The Hall–Kier alpha value is -1.49. The van der Waals surface area contributed by atoms with E-state index in [1.165, 1.54) is 12.1 Å². The molecule has 0 aliphatic carbocycles. The highest BCUT2D eigenvalue weighted by Crippen LogP contribution is 2.17. The van der Waals surface area contributed by atoms with Crippen LogP contribution in [0.15, 0.2) is 18.2 Å². The second-order valence-electron chi connectivity index (χ2n) is 6.16. The van der Waals surface area contributed by atoms with E-state index in [4.69, 9.17) is 0 Å². The van der Waals surface area contributed by atoms with Gasteiger partial charge < -0.3 is 9.80 Å². The van der Waals surface area contributed by atoms with Gasteiger partial charge in [0, 0.05) is 31.6 Å². The highest BCUT2D eigenvalue weighted by Gasteiger charge is 2.21. The van der Waals surface area contributed by atoms with Gasteiger partial charge in [0.15, 0.2) is 0 Å². The van der Waals surface area contributed by atoms with Gasteiger partial charge in [-0.3, -0.25) is 4.79 Å². The van der Waals surface area contributed by atoms with Crippen molar-refractivity contribution in [1.29, 1.82) is 0 Å². The maximum absolute atomic E-state index is 13.6. The molecule has 0 radical (unpaired) electrons. The van der Waals surface area contributed by atoms with Crippen molar-refractivity contribution in [1.82, 2.24) is 9.80 Å². The van der Waals surface area contributed by atoms with E-state index in [-0.39, 0.29) is 12.3 Å². The van der Waals surface area contributed by atoms with Crippen LogP contribution in [-0.4, -0.2) is 48.9 Å². The highest BCUT2D eigenvalue weighted by molar-refractivity contribution is 5.76. The van der Waals surface area contributed by atoms with Crippen LogP contribution in [0.2, 0.25) is 0 Å². The lowest BCUT2D eigenvalue weighted by molar-refractivity contribution is -0.131. The van der Waals surface area contributed by atoms with Crippen LogP contribution in [0.5, 0.6) is 0 Å². The summed E-state index contributed by atoms with van der Waals surface area (Å²) in [7, 11) is 4.14. The molecule has 0 saturated carbocycles. The molecular weight excluding hydrogens is 286 g/mol. The molecule has 1 aromatic rings. The van der Waals surface area contributed by atoms with Crippen molar-refractivity contribution in [3.8, 4) is 0 Å². The Kier molecular flexibility index (Phi) is 5.89. The third-order valence-electron chi connectivity index (χ3n) is 4.40. The molecule has 1 atom stereocenters. The van der Waals surface area contributed by atoms with Gasteiger partial charge in [-0.15, -0.1) is 0 Å². The van der Waals surface area contributed by atoms with Crippen LogP contribution >= 0.6 is 0 Å². The SMILES string of the molecule is CN(C)[C@@H]1CCCN(C(=O)CCc2ccc(F)cc2F)CC1. The van der Waals surface area contributed by atoms with Crippen molar-refractivity contribution in [3.05, 3.63) is 35.4 Å². The topological polar surface area (TPSA) is 23.6 Å². The number of hydrogen-bond donors (Lipinski definition) is 0. The molecule has 2 rings (SSSR count). The lowest BCUT2D eigenvalue weighted by Gasteiger charge is -2.23. The Balaban J connectivity index is 1.87. The lowest BCUT2D eigenvalue weighted by Crippen LogP contribution is -2.34. The Morgan fingerprint density at radius 1 is 1.27 bits per heavy atom. The van der Waals surface area contributed by atoms with Crippen molar-refractivity contribution < 1.29 is 13.6 Å². The van der Waals surface area contributed by atoms with Crippen LogP contribution in [0, 0.1) is 11.6 Å². The molecule has 1 heterocycles. The standard InChI is InChI=1S/C17H24F2N2O/c1-20(2)15-4-3-10-21(11-9-15)17(22)8-6-13-5-7-14(18)12-16(13)19/h5,7,12,15H,3-4,6,8-11H2,1-2H3/t15-/m1/s1. The van der Waals surface area contributed by atoms with Crippen LogP contribution in [-0.2, 0) is 11.2 Å². The van der Waals surface area contributed by atoms with Crippen molar-refractivity contribution >= 4 is 5.91 Å². The van der Waals surface area contributed by atoms with Crippen LogP contribution < -0.4 is 0 Å². The molecule has 1 aliphatic rings. The monoisotopic (exact) mass is 310 g/mol. The average molecular weight is 310 g/mol.